The first-order valence-corrected chi connectivity index (χ1v) is 6.07. The second kappa shape index (κ2) is 6.13. The summed E-state index contributed by atoms with van der Waals surface area (Å²) in [6, 6.07) is 6.59. The van der Waals surface area contributed by atoms with Crippen molar-refractivity contribution in [2.75, 3.05) is 6.61 Å². The lowest BCUT2D eigenvalue weighted by Gasteiger charge is -2.13. The van der Waals surface area contributed by atoms with Crippen LogP contribution in [0.2, 0.25) is 0 Å². The lowest BCUT2D eigenvalue weighted by Crippen LogP contribution is -2.22. The van der Waals surface area contributed by atoms with Crippen LogP contribution < -0.4 is 10.1 Å². The van der Waals surface area contributed by atoms with E-state index < -0.39 is 0 Å². The summed E-state index contributed by atoms with van der Waals surface area (Å²) >= 11 is 3.47. The van der Waals surface area contributed by atoms with E-state index in [-0.39, 0.29) is 0 Å². The van der Waals surface area contributed by atoms with Crippen LogP contribution in [-0.2, 0) is 6.54 Å². The summed E-state index contributed by atoms with van der Waals surface area (Å²) in [6.07, 6.45) is 0. The van der Waals surface area contributed by atoms with Gasteiger partial charge in [-0.15, -0.1) is 0 Å². The SMILES string of the molecule is CCOc1ccc(Br)cc1CNC(C)C. The predicted octanol–water partition coefficient (Wildman–Crippen LogP) is 3.35. The molecule has 0 aliphatic heterocycles. The van der Waals surface area contributed by atoms with E-state index >= 15 is 0 Å². The van der Waals surface area contributed by atoms with Gasteiger partial charge in [0.2, 0.25) is 0 Å². The lowest BCUT2D eigenvalue weighted by molar-refractivity contribution is 0.335. The summed E-state index contributed by atoms with van der Waals surface area (Å²) in [5, 5.41) is 3.39. The Bertz CT molecular complexity index is 312. The molecule has 2 nitrogen and oxygen atoms in total. The van der Waals surface area contributed by atoms with Crippen LogP contribution in [0.3, 0.4) is 0 Å². The third-order valence-corrected chi connectivity index (χ3v) is 2.52. The minimum Gasteiger partial charge on any atom is -0.494 e. The van der Waals surface area contributed by atoms with E-state index in [0.29, 0.717) is 12.6 Å². The van der Waals surface area contributed by atoms with Gasteiger partial charge in [-0.3, -0.25) is 0 Å². The normalized spacial score (nSPS) is 10.7. The Kier molecular flexibility index (Phi) is 5.12. The zero-order chi connectivity index (χ0) is 11.3. The van der Waals surface area contributed by atoms with Crippen molar-refractivity contribution < 1.29 is 4.74 Å². The van der Waals surface area contributed by atoms with Gasteiger partial charge in [0.1, 0.15) is 5.75 Å². The number of hydrogen-bond donors (Lipinski definition) is 1. The van der Waals surface area contributed by atoms with Gasteiger partial charge in [-0.25, -0.2) is 0 Å². The maximum absolute atomic E-state index is 5.56. The highest BCUT2D eigenvalue weighted by Gasteiger charge is 2.04. The maximum atomic E-state index is 5.56. The zero-order valence-corrected chi connectivity index (χ0v) is 11.1. The molecular weight excluding hydrogens is 254 g/mol. The van der Waals surface area contributed by atoms with Crippen LogP contribution >= 0.6 is 15.9 Å². The Morgan fingerprint density at radius 3 is 2.73 bits per heavy atom. The summed E-state index contributed by atoms with van der Waals surface area (Å²) in [7, 11) is 0. The van der Waals surface area contributed by atoms with Gasteiger partial charge >= 0.3 is 0 Å². The molecule has 3 heteroatoms. The first kappa shape index (κ1) is 12.5. The Balaban J connectivity index is 2.77. The minimum absolute atomic E-state index is 0.485. The van der Waals surface area contributed by atoms with E-state index in [0.717, 1.165) is 16.8 Å². The highest BCUT2D eigenvalue weighted by molar-refractivity contribution is 9.10. The highest BCUT2D eigenvalue weighted by Crippen LogP contribution is 2.23. The first-order chi connectivity index (χ1) is 7.13. The van der Waals surface area contributed by atoms with E-state index in [4.69, 9.17) is 4.74 Å². The topological polar surface area (TPSA) is 21.3 Å². The smallest absolute Gasteiger partial charge is 0.123 e. The molecule has 0 amide bonds. The van der Waals surface area contributed by atoms with Crippen molar-refractivity contribution in [2.24, 2.45) is 0 Å². The molecule has 84 valence electrons. The molecule has 0 bridgehead atoms. The molecule has 1 aromatic carbocycles. The van der Waals surface area contributed by atoms with Crippen molar-refractivity contribution in [3.8, 4) is 5.75 Å². The van der Waals surface area contributed by atoms with Gasteiger partial charge in [0, 0.05) is 22.6 Å². The molecule has 0 aromatic heterocycles. The zero-order valence-electron chi connectivity index (χ0n) is 9.51. The monoisotopic (exact) mass is 271 g/mol. The Labute approximate surface area is 100 Å². The molecule has 0 saturated carbocycles. The molecule has 1 aromatic rings. The Hall–Kier alpha value is -0.540. The van der Waals surface area contributed by atoms with Gasteiger partial charge in [-0.05, 0) is 25.1 Å². The summed E-state index contributed by atoms with van der Waals surface area (Å²) in [6.45, 7) is 7.82. The molecule has 0 unspecified atom stereocenters. The number of benzene rings is 1. The summed E-state index contributed by atoms with van der Waals surface area (Å²) in [5.41, 5.74) is 1.19. The van der Waals surface area contributed by atoms with Gasteiger partial charge in [-0.1, -0.05) is 29.8 Å². The number of hydrogen-bond acceptors (Lipinski definition) is 2. The van der Waals surface area contributed by atoms with E-state index in [1.165, 1.54) is 5.56 Å². The van der Waals surface area contributed by atoms with Gasteiger partial charge in [0.05, 0.1) is 6.61 Å². The molecule has 0 fully saturated rings. The van der Waals surface area contributed by atoms with E-state index in [1.807, 2.05) is 19.1 Å². The van der Waals surface area contributed by atoms with Crippen LogP contribution in [-0.4, -0.2) is 12.6 Å². The average Bonchev–Trinajstić information content (AvgIpc) is 2.18. The average molecular weight is 272 g/mol. The van der Waals surface area contributed by atoms with Gasteiger partial charge in [0.15, 0.2) is 0 Å². The van der Waals surface area contributed by atoms with Crippen molar-refractivity contribution in [2.45, 2.75) is 33.4 Å². The molecule has 0 saturated heterocycles. The van der Waals surface area contributed by atoms with Crippen molar-refractivity contribution in [1.82, 2.24) is 5.32 Å². The Morgan fingerprint density at radius 2 is 2.13 bits per heavy atom. The predicted molar refractivity (Wildman–Crippen MR) is 67.3 cm³/mol. The molecule has 0 aliphatic rings. The second-order valence-electron chi connectivity index (χ2n) is 3.72. The van der Waals surface area contributed by atoms with Crippen molar-refractivity contribution in [3.63, 3.8) is 0 Å². The van der Waals surface area contributed by atoms with Crippen LogP contribution in [0.4, 0.5) is 0 Å². The maximum Gasteiger partial charge on any atom is 0.123 e. The molecule has 15 heavy (non-hydrogen) atoms. The number of halogens is 1. The quantitative estimate of drug-likeness (QED) is 0.887. The molecule has 0 atom stereocenters. The molecule has 1 N–H and O–H groups in total. The van der Waals surface area contributed by atoms with E-state index in [2.05, 4.69) is 41.2 Å². The largest absolute Gasteiger partial charge is 0.494 e. The molecule has 0 aliphatic carbocycles. The minimum atomic E-state index is 0.485. The fourth-order valence-corrected chi connectivity index (χ4v) is 1.71. The summed E-state index contributed by atoms with van der Waals surface area (Å²) < 4.78 is 6.65. The molecule has 0 spiro atoms. The van der Waals surface area contributed by atoms with Crippen LogP contribution in [0, 0.1) is 0 Å². The van der Waals surface area contributed by atoms with Crippen molar-refractivity contribution >= 4 is 15.9 Å². The Morgan fingerprint density at radius 1 is 1.40 bits per heavy atom. The van der Waals surface area contributed by atoms with Crippen LogP contribution in [0.1, 0.15) is 26.3 Å². The molecule has 0 heterocycles. The highest BCUT2D eigenvalue weighted by atomic mass is 79.9. The molecular formula is C12H18BrNO. The lowest BCUT2D eigenvalue weighted by atomic mass is 10.2. The third-order valence-electron chi connectivity index (χ3n) is 2.02. The summed E-state index contributed by atoms with van der Waals surface area (Å²) in [4.78, 5) is 0. The fraction of sp³-hybridized carbons (Fsp3) is 0.500. The van der Waals surface area contributed by atoms with E-state index in [9.17, 15) is 0 Å². The molecule has 0 radical (unpaired) electrons. The van der Waals surface area contributed by atoms with Gasteiger partial charge in [0.25, 0.3) is 0 Å². The fourth-order valence-electron chi connectivity index (χ4n) is 1.30. The van der Waals surface area contributed by atoms with Gasteiger partial charge in [-0.2, -0.15) is 0 Å². The number of ether oxygens (including phenoxy) is 1. The van der Waals surface area contributed by atoms with Crippen molar-refractivity contribution in [3.05, 3.63) is 28.2 Å². The van der Waals surface area contributed by atoms with Crippen LogP contribution in [0.15, 0.2) is 22.7 Å². The summed E-state index contributed by atoms with van der Waals surface area (Å²) in [5.74, 6) is 0.967. The van der Waals surface area contributed by atoms with E-state index in [1.54, 1.807) is 0 Å². The van der Waals surface area contributed by atoms with Gasteiger partial charge < -0.3 is 10.1 Å². The van der Waals surface area contributed by atoms with Crippen LogP contribution in [0.5, 0.6) is 5.75 Å². The first-order valence-electron chi connectivity index (χ1n) is 5.28. The standard InChI is InChI=1S/C12H18BrNO/c1-4-15-12-6-5-11(13)7-10(12)8-14-9(2)3/h5-7,9,14H,4,8H2,1-3H3. The third kappa shape index (κ3) is 4.22. The van der Waals surface area contributed by atoms with Crippen molar-refractivity contribution in [1.29, 1.82) is 0 Å². The number of rotatable bonds is 5. The van der Waals surface area contributed by atoms with Crippen LogP contribution in [0.25, 0.3) is 0 Å². The molecule has 1 rings (SSSR count). The second-order valence-corrected chi connectivity index (χ2v) is 4.64. The number of nitrogens with one attached hydrogen (secondary N) is 1.